The molecule has 34 heavy (non-hydrogen) atoms. The van der Waals surface area contributed by atoms with E-state index in [2.05, 4.69) is 20.4 Å². The number of rotatable bonds is 4. The van der Waals surface area contributed by atoms with Crippen LogP contribution in [-0.2, 0) is 4.79 Å². The molecule has 5 rings (SSSR count). The van der Waals surface area contributed by atoms with Crippen LogP contribution in [0.2, 0.25) is 10.0 Å². The Bertz CT molecular complexity index is 1450. The minimum absolute atomic E-state index is 0.263. The van der Waals surface area contributed by atoms with E-state index < -0.39 is 6.04 Å². The summed E-state index contributed by atoms with van der Waals surface area (Å²) in [6.07, 6.45) is 3.01. The van der Waals surface area contributed by atoms with Gasteiger partial charge >= 0.3 is 0 Å². The van der Waals surface area contributed by atoms with Crippen LogP contribution in [0.25, 0.3) is 11.2 Å². The first-order valence-electron chi connectivity index (χ1n) is 10.3. The fourth-order valence-corrected chi connectivity index (χ4v) is 4.17. The number of imidazole rings is 1. The van der Waals surface area contributed by atoms with Gasteiger partial charge < -0.3 is 4.74 Å². The average molecular weight is 496 g/mol. The Morgan fingerprint density at radius 2 is 1.82 bits per heavy atom. The van der Waals surface area contributed by atoms with E-state index in [0.29, 0.717) is 49.9 Å². The van der Waals surface area contributed by atoms with Gasteiger partial charge in [-0.1, -0.05) is 23.2 Å². The molecule has 1 amide bonds. The number of carbonyl (C=O) groups is 1. The summed E-state index contributed by atoms with van der Waals surface area (Å²) in [5, 5.41) is 2.33. The van der Waals surface area contributed by atoms with Crippen LogP contribution in [0.5, 0.6) is 5.75 Å². The molecule has 0 saturated carbocycles. The van der Waals surface area contributed by atoms with E-state index in [1.54, 1.807) is 54.4 Å². The highest BCUT2D eigenvalue weighted by molar-refractivity contribution is 6.36. The second kappa shape index (κ2) is 8.58. The molecule has 11 heteroatoms. The molecule has 1 N–H and O–H groups in total. The Kier molecular flexibility index (Phi) is 5.59. The van der Waals surface area contributed by atoms with Gasteiger partial charge in [0.25, 0.3) is 5.91 Å². The van der Waals surface area contributed by atoms with Gasteiger partial charge in [0.2, 0.25) is 0 Å². The predicted molar refractivity (Wildman–Crippen MR) is 131 cm³/mol. The lowest BCUT2D eigenvalue weighted by Crippen LogP contribution is -2.35. The highest BCUT2D eigenvalue weighted by Crippen LogP contribution is 2.34. The van der Waals surface area contributed by atoms with Crippen molar-refractivity contribution in [3.63, 3.8) is 0 Å². The van der Waals surface area contributed by atoms with E-state index in [1.807, 2.05) is 13.8 Å². The maximum Gasteiger partial charge on any atom is 0.276 e. The quantitative estimate of drug-likeness (QED) is 0.444. The van der Waals surface area contributed by atoms with E-state index in [4.69, 9.17) is 32.9 Å². The predicted octanol–water partition coefficient (Wildman–Crippen LogP) is 4.58. The molecule has 0 spiro atoms. The Hall–Kier alpha value is -3.69. The summed E-state index contributed by atoms with van der Waals surface area (Å²) in [6.45, 7) is 3.70. The number of halogens is 2. The minimum Gasteiger partial charge on any atom is -0.497 e. The lowest BCUT2D eigenvalue weighted by Gasteiger charge is -2.16. The maximum atomic E-state index is 13.7. The van der Waals surface area contributed by atoms with Crippen molar-refractivity contribution in [3.05, 3.63) is 70.4 Å². The number of amidine groups is 1. The van der Waals surface area contributed by atoms with E-state index in [1.165, 1.54) is 11.3 Å². The van der Waals surface area contributed by atoms with Crippen LogP contribution in [0.3, 0.4) is 0 Å². The van der Waals surface area contributed by atoms with Crippen molar-refractivity contribution >= 4 is 57.5 Å². The molecule has 0 radical (unpaired) electrons. The topological polar surface area (TPSA) is 97.5 Å². The van der Waals surface area contributed by atoms with E-state index in [-0.39, 0.29) is 5.91 Å². The van der Waals surface area contributed by atoms with Crippen molar-refractivity contribution in [2.24, 2.45) is 4.99 Å². The SMILES string of the molecule is COc1ccc(N2NC(=Nc3cc(C)c(Cl)cc3Cl)C(n3cnc4c(C)ncnc43)C2=O)cc1. The molecule has 0 aliphatic carbocycles. The number of aromatic nitrogens is 4. The maximum absolute atomic E-state index is 13.7. The fraction of sp³-hybridized carbons (Fsp3) is 0.174. The zero-order chi connectivity index (χ0) is 24.0. The number of aliphatic imine (C=N–C) groups is 1. The summed E-state index contributed by atoms with van der Waals surface area (Å²) in [6, 6.07) is 9.66. The number of nitrogens with zero attached hydrogens (tertiary/aromatic N) is 6. The first-order chi connectivity index (χ1) is 16.4. The van der Waals surface area contributed by atoms with E-state index in [9.17, 15) is 4.79 Å². The molecule has 1 aliphatic rings. The van der Waals surface area contributed by atoms with E-state index >= 15 is 0 Å². The van der Waals surface area contributed by atoms with Gasteiger partial charge in [-0.05, 0) is 55.8 Å². The van der Waals surface area contributed by atoms with Crippen LogP contribution in [0.15, 0.2) is 54.0 Å². The zero-order valence-corrected chi connectivity index (χ0v) is 20.0. The summed E-state index contributed by atoms with van der Waals surface area (Å²) >= 11 is 12.6. The Morgan fingerprint density at radius 1 is 1.06 bits per heavy atom. The molecule has 4 aromatic rings. The number of amides is 1. The first kappa shape index (κ1) is 22.1. The second-order valence-electron chi connectivity index (χ2n) is 7.72. The third kappa shape index (κ3) is 3.72. The van der Waals surface area contributed by atoms with Crippen molar-refractivity contribution in [2.45, 2.75) is 19.9 Å². The van der Waals surface area contributed by atoms with Gasteiger partial charge in [0, 0.05) is 5.02 Å². The highest BCUT2D eigenvalue weighted by Gasteiger charge is 2.41. The van der Waals surface area contributed by atoms with Crippen LogP contribution in [-0.4, -0.2) is 38.4 Å². The number of aryl methyl sites for hydroxylation is 2. The first-order valence-corrected chi connectivity index (χ1v) is 11.1. The highest BCUT2D eigenvalue weighted by atomic mass is 35.5. The molecule has 1 saturated heterocycles. The van der Waals surface area contributed by atoms with Gasteiger partial charge in [-0.25, -0.2) is 25.0 Å². The average Bonchev–Trinajstić information content (AvgIpc) is 3.39. The Labute approximate surface area is 205 Å². The molecule has 3 heterocycles. The summed E-state index contributed by atoms with van der Waals surface area (Å²) in [5.41, 5.74) is 6.89. The van der Waals surface area contributed by atoms with Crippen LogP contribution in [0, 0.1) is 13.8 Å². The molecule has 172 valence electrons. The van der Waals surface area contributed by atoms with Crippen LogP contribution in [0.4, 0.5) is 11.4 Å². The molecule has 2 aromatic heterocycles. The summed E-state index contributed by atoms with van der Waals surface area (Å²) < 4.78 is 6.91. The number of nitrogens with one attached hydrogen (secondary N) is 1. The van der Waals surface area contributed by atoms with Gasteiger partial charge in [0.05, 0.1) is 35.5 Å². The number of methoxy groups -OCH3 is 1. The minimum atomic E-state index is -0.853. The monoisotopic (exact) mass is 495 g/mol. The number of benzene rings is 2. The van der Waals surface area contributed by atoms with Gasteiger partial charge in [-0.15, -0.1) is 0 Å². The number of ether oxygens (including phenoxy) is 1. The third-order valence-electron chi connectivity index (χ3n) is 5.56. The molecule has 9 nitrogen and oxygen atoms in total. The molecule has 1 unspecified atom stereocenters. The number of anilines is 1. The molecule has 1 aliphatic heterocycles. The lowest BCUT2D eigenvalue weighted by molar-refractivity contribution is -0.119. The smallest absolute Gasteiger partial charge is 0.276 e. The van der Waals surface area contributed by atoms with Crippen molar-refractivity contribution in [2.75, 3.05) is 12.1 Å². The second-order valence-corrected chi connectivity index (χ2v) is 8.53. The molecular weight excluding hydrogens is 477 g/mol. The van der Waals surface area contributed by atoms with Gasteiger partial charge in [-0.3, -0.25) is 14.8 Å². The van der Waals surface area contributed by atoms with Crippen molar-refractivity contribution in [1.29, 1.82) is 0 Å². The zero-order valence-electron chi connectivity index (χ0n) is 18.5. The van der Waals surface area contributed by atoms with E-state index in [0.717, 1.165) is 5.56 Å². The normalized spacial score (nSPS) is 17.0. The number of fused-ring (bicyclic) bond motifs is 1. The fourth-order valence-electron chi connectivity index (χ4n) is 3.75. The number of hydrazine groups is 1. The lowest BCUT2D eigenvalue weighted by atomic mass is 10.2. The molecule has 2 aromatic carbocycles. The van der Waals surface area contributed by atoms with Crippen LogP contribution < -0.4 is 15.2 Å². The van der Waals surface area contributed by atoms with Crippen molar-refractivity contribution in [1.82, 2.24) is 24.9 Å². The molecule has 0 bridgehead atoms. The van der Waals surface area contributed by atoms with Crippen molar-refractivity contribution in [3.8, 4) is 5.75 Å². The van der Waals surface area contributed by atoms with Gasteiger partial charge in [0.1, 0.15) is 17.6 Å². The van der Waals surface area contributed by atoms with Crippen LogP contribution in [0.1, 0.15) is 17.3 Å². The Morgan fingerprint density at radius 3 is 2.56 bits per heavy atom. The van der Waals surface area contributed by atoms with Gasteiger partial charge in [0.15, 0.2) is 17.5 Å². The van der Waals surface area contributed by atoms with Crippen molar-refractivity contribution < 1.29 is 9.53 Å². The molecule has 1 fully saturated rings. The standard InChI is InChI=1S/C23H19Cl2N7O2/c1-12-8-18(17(25)9-16(12)24)29-21-20(31-11-28-19-13(2)26-10-27-22(19)31)23(33)32(30-21)14-4-6-15(34-3)7-5-14/h4-11,20H,1-3H3,(H,29,30). The summed E-state index contributed by atoms with van der Waals surface area (Å²) in [7, 11) is 1.58. The molecule has 1 atom stereocenters. The third-order valence-corrected chi connectivity index (χ3v) is 6.27. The number of hydrogen-bond acceptors (Lipinski definition) is 6. The summed E-state index contributed by atoms with van der Waals surface area (Å²) in [5.74, 6) is 0.776. The summed E-state index contributed by atoms with van der Waals surface area (Å²) in [4.78, 5) is 31.4. The number of hydrogen-bond donors (Lipinski definition) is 1. The Balaban J connectivity index is 1.65. The van der Waals surface area contributed by atoms with Gasteiger partial charge in [-0.2, -0.15) is 0 Å². The number of carbonyl (C=O) groups excluding carboxylic acids is 1. The molecular formula is C23H19Cl2N7O2. The van der Waals surface area contributed by atoms with Crippen LogP contribution >= 0.6 is 23.2 Å². The largest absolute Gasteiger partial charge is 0.497 e.